The van der Waals surface area contributed by atoms with Crippen molar-refractivity contribution in [1.82, 2.24) is 0 Å². The zero-order valence-electron chi connectivity index (χ0n) is 14.7. The fourth-order valence-corrected chi connectivity index (χ4v) is 3.67. The lowest BCUT2D eigenvalue weighted by molar-refractivity contribution is 0.483. The van der Waals surface area contributed by atoms with Crippen LogP contribution in [0.3, 0.4) is 0 Å². The molecule has 0 aromatic heterocycles. The number of hydrogen-bond acceptors (Lipinski definition) is 2. The summed E-state index contributed by atoms with van der Waals surface area (Å²) < 4.78 is 32.9. The molecule has 0 aliphatic rings. The van der Waals surface area contributed by atoms with Crippen molar-refractivity contribution in [3.05, 3.63) is 41.0 Å². The Morgan fingerprint density at radius 1 is 0.783 bits per heavy atom. The van der Waals surface area contributed by atoms with Gasteiger partial charge >= 0.3 is 0 Å². The van der Waals surface area contributed by atoms with Crippen LogP contribution in [0.2, 0.25) is 0 Å². The largest absolute Gasteiger partial charge is 0.294 e. The van der Waals surface area contributed by atoms with Crippen LogP contribution in [0, 0.1) is 0 Å². The monoisotopic (exact) mass is 334 g/mol. The summed E-state index contributed by atoms with van der Waals surface area (Å²) in [6.07, 6.45) is 0. The molecule has 0 atom stereocenters. The molecule has 0 aliphatic heterocycles. The van der Waals surface area contributed by atoms with Gasteiger partial charge in [0.15, 0.2) is 0 Å². The summed E-state index contributed by atoms with van der Waals surface area (Å²) in [5.41, 5.74) is 3.30. The fourth-order valence-electron chi connectivity index (χ4n) is 3.13. The maximum atomic E-state index is 11.7. The van der Waals surface area contributed by atoms with Crippen molar-refractivity contribution in [3.8, 4) is 0 Å². The van der Waals surface area contributed by atoms with Crippen LogP contribution >= 0.6 is 0 Å². The Morgan fingerprint density at radius 2 is 1.26 bits per heavy atom. The molecule has 0 aliphatic carbocycles. The Balaban J connectivity index is 3.06. The summed E-state index contributed by atoms with van der Waals surface area (Å²) in [6, 6.07) is 7.48. The fraction of sp³-hybridized carbons (Fsp3) is 0.474. The van der Waals surface area contributed by atoms with E-state index in [1.54, 1.807) is 12.1 Å². The van der Waals surface area contributed by atoms with Crippen molar-refractivity contribution < 1.29 is 13.0 Å². The SMILES string of the molecule is CC(C)c1ccc(C(C)C)c2c(C(C)C)cc(S(=O)(=O)O)cc12. The molecule has 0 saturated heterocycles. The van der Waals surface area contributed by atoms with E-state index in [1.165, 1.54) is 5.56 Å². The normalized spacial score (nSPS) is 12.8. The average Bonchev–Trinajstić information content (AvgIpc) is 2.43. The zero-order chi connectivity index (χ0) is 17.5. The van der Waals surface area contributed by atoms with Crippen LogP contribution < -0.4 is 0 Å². The standard InChI is InChI=1S/C19H26O3S/c1-11(2)15-7-8-16(12(3)4)19-17(13(5)6)9-14(10-18(15)19)23(20,21)22/h7-13H,1-6H3,(H,20,21,22). The molecule has 2 aromatic rings. The van der Waals surface area contributed by atoms with Crippen LogP contribution in [0.1, 0.15) is 76.0 Å². The lowest BCUT2D eigenvalue weighted by Crippen LogP contribution is -2.05. The summed E-state index contributed by atoms with van der Waals surface area (Å²) in [4.78, 5) is -0.0171. The molecule has 126 valence electrons. The van der Waals surface area contributed by atoms with Crippen molar-refractivity contribution in [2.45, 2.75) is 64.2 Å². The van der Waals surface area contributed by atoms with Gasteiger partial charge in [0, 0.05) is 0 Å². The van der Waals surface area contributed by atoms with E-state index in [2.05, 4.69) is 53.7 Å². The van der Waals surface area contributed by atoms with E-state index < -0.39 is 10.1 Å². The number of rotatable bonds is 4. The predicted octanol–water partition coefficient (Wildman–Crippen LogP) is 5.46. The lowest BCUT2D eigenvalue weighted by Gasteiger charge is -2.21. The van der Waals surface area contributed by atoms with Gasteiger partial charge < -0.3 is 0 Å². The Labute approximate surface area is 139 Å². The first-order valence-electron chi connectivity index (χ1n) is 8.12. The minimum atomic E-state index is -4.23. The highest BCUT2D eigenvalue weighted by Gasteiger charge is 2.20. The molecule has 0 heterocycles. The van der Waals surface area contributed by atoms with Crippen molar-refractivity contribution >= 4 is 20.9 Å². The highest BCUT2D eigenvalue weighted by Crippen LogP contribution is 2.38. The van der Waals surface area contributed by atoms with Crippen LogP contribution in [0.15, 0.2) is 29.2 Å². The quantitative estimate of drug-likeness (QED) is 0.756. The van der Waals surface area contributed by atoms with Gasteiger partial charge in [0.25, 0.3) is 10.1 Å². The smallest absolute Gasteiger partial charge is 0.282 e. The van der Waals surface area contributed by atoms with Gasteiger partial charge in [-0.1, -0.05) is 53.7 Å². The maximum absolute atomic E-state index is 11.7. The summed E-state index contributed by atoms with van der Waals surface area (Å²) in [7, 11) is -4.23. The first-order chi connectivity index (χ1) is 10.5. The van der Waals surface area contributed by atoms with Gasteiger partial charge in [-0.15, -0.1) is 0 Å². The number of benzene rings is 2. The molecule has 0 bridgehead atoms. The maximum Gasteiger partial charge on any atom is 0.294 e. The Morgan fingerprint density at radius 3 is 1.70 bits per heavy atom. The second-order valence-electron chi connectivity index (χ2n) is 7.12. The van der Waals surface area contributed by atoms with Gasteiger partial charge in [-0.3, -0.25) is 4.55 Å². The summed E-state index contributed by atoms with van der Waals surface area (Å²) >= 11 is 0. The minimum absolute atomic E-state index is 0.0171. The molecular formula is C19H26O3S. The van der Waals surface area contributed by atoms with E-state index in [9.17, 15) is 13.0 Å². The Kier molecular flexibility index (Phi) is 4.88. The number of fused-ring (bicyclic) bond motifs is 1. The molecule has 0 unspecified atom stereocenters. The second-order valence-corrected chi connectivity index (χ2v) is 8.54. The molecule has 0 spiro atoms. The molecule has 0 fully saturated rings. The molecule has 0 amide bonds. The van der Waals surface area contributed by atoms with Crippen LogP contribution in [-0.4, -0.2) is 13.0 Å². The molecule has 3 nitrogen and oxygen atoms in total. The van der Waals surface area contributed by atoms with Gasteiger partial charge in [0.05, 0.1) is 4.90 Å². The average molecular weight is 334 g/mol. The first kappa shape index (κ1) is 18.0. The van der Waals surface area contributed by atoms with Crippen molar-refractivity contribution in [1.29, 1.82) is 0 Å². The summed E-state index contributed by atoms with van der Waals surface area (Å²) in [6.45, 7) is 12.6. The lowest BCUT2D eigenvalue weighted by atomic mass is 9.84. The van der Waals surface area contributed by atoms with Gasteiger partial charge in [-0.25, -0.2) is 0 Å². The van der Waals surface area contributed by atoms with E-state index in [4.69, 9.17) is 0 Å². The molecule has 4 heteroatoms. The van der Waals surface area contributed by atoms with Crippen LogP contribution in [0.5, 0.6) is 0 Å². The van der Waals surface area contributed by atoms with Gasteiger partial charge in [0.2, 0.25) is 0 Å². The van der Waals surface area contributed by atoms with E-state index in [1.807, 2.05) is 0 Å². The highest BCUT2D eigenvalue weighted by atomic mass is 32.2. The van der Waals surface area contributed by atoms with E-state index >= 15 is 0 Å². The van der Waals surface area contributed by atoms with E-state index in [0.717, 1.165) is 21.9 Å². The molecular weight excluding hydrogens is 308 g/mol. The molecule has 23 heavy (non-hydrogen) atoms. The Hall–Kier alpha value is -1.39. The molecule has 0 radical (unpaired) electrons. The van der Waals surface area contributed by atoms with Crippen LogP contribution in [0.25, 0.3) is 10.8 Å². The third-order valence-corrected chi connectivity index (χ3v) is 5.18. The van der Waals surface area contributed by atoms with E-state index in [0.29, 0.717) is 5.92 Å². The zero-order valence-corrected chi connectivity index (χ0v) is 15.5. The summed E-state index contributed by atoms with van der Waals surface area (Å²) in [5.74, 6) is 0.780. The van der Waals surface area contributed by atoms with Gasteiger partial charge in [-0.05, 0) is 57.3 Å². The van der Waals surface area contributed by atoms with Crippen molar-refractivity contribution in [2.75, 3.05) is 0 Å². The Bertz CT molecular complexity index is 831. The first-order valence-corrected chi connectivity index (χ1v) is 9.56. The van der Waals surface area contributed by atoms with Crippen LogP contribution in [-0.2, 0) is 10.1 Å². The number of hydrogen-bond donors (Lipinski definition) is 1. The molecule has 2 rings (SSSR count). The molecule has 2 aromatic carbocycles. The molecule has 0 saturated carbocycles. The summed E-state index contributed by atoms with van der Waals surface area (Å²) in [5, 5.41) is 2.07. The van der Waals surface area contributed by atoms with Crippen LogP contribution in [0.4, 0.5) is 0 Å². The van der Waals surface area contributed by atoms with Crippen molar-refractivity contribution in [3.63, 3.8) is 0 Å². The van der Waals surface area contributed by atoms with E-state index in [-0.39, 0.29) is 16.7 Å². The molecule has 1 N–H and O–H groups in total. The highest BCUT2D eigenvalue weighted by molar-refractivity contribution is 7.85. The minimum Gasteiger partial charge on any atom is -0.282 e. The predicted molar refractivity (Wildman–Crippen MR) is 96.0 cm³/mol. The topological polar surface area (TPSA) is 54.4 Å². The second kappa shape index (κ2) is 6.25. The third kappa shape index (κ3) is 3.43. The third-order valence-electron chi connectivity index (χ3n) is 4.35. The van der Waals surface area contributed by atoms with Crippen molar-refractivity contribution in [2.24, 2.45) is 0 Å². The van der Waals surface area contributed by atoms with Gasteiger partial charge in [0.1, 0.15) is 0 Å². The van der Waals surface area contributed by atoms with Gasteiger partial charge in [-0.2, -0.15) is 8.42 Å².